The summed E-state index contributed by atoms with van der Waals surface area (Å²) in [5, 5.41) is 2.29. The van der Waals surface area contributed by atoms with Crippen LogP contribution < -0.4 is 26.2 Å². The first-order valence-electron chi connectivity index (χ1n) is 29.6. The van der Waals surface area contributed by atoms with Gasteiger partial charge in [-0.05, 0) is 94.7 Å². The van der Waals surface area contributed by atoms with Gasteiger partial charge in [0.15, 0.2) is 34.9 Å². The molecule has 2 aliphatic heterocycles. The van der Waals surface area contributed by atoms with Crippen molar-refractivity contribution < 1.29 is 0 Å². The van der Waals surface area contributed by atoms with Crippen LogP contribution in [0.3, 0.4) is 0 Å². The second kappa shape index (κ2) is 21.0. The molecule has 88 heavy (non-hydrogen) atoms. The Labute approximate surface area is 509 Å². The van der Waals surface area contributed by atoms with Gasteiger partial charge in [-0.3, -0.25) is 0 Å². The molecule has 0 saturated heterocycles. The van der Waals surface area contributed by atoms with Crippen molar-refractivity contribution in [3.63, 3.8) is 0 Å². The predicted octanol–water partition coefficient (Wildman–Crippen LogP) is 16.9. The SMILES string of the molecule is c1ccc(-c2nc(-c3ccccc3)nc(-c3ccc(-n4c5ccccc5c5ccccc54)c(-c4nc(-c5ccccc5)nc(-c5ccc(-c6ccc7c8c6N(c6ccccc6)c6ccccc6B8c6ccccc6N7c6ccccc6)cc5)n4)c3)n2)cc1. The average Bonchev–Trinajstić information content (AvgIpc) is 0.902. The molecule has 10 heteroatoms. The van der Waals surface area contributed by atoms with Gasteiger partial charge in [0.25, 0.3) is 6.71 Å². The largest absolute Gasteiger partial charge is 0.311 e. The summed E-state index contributed by atoms with van der Waals surface area (Å²) in [6.07, 6.45) is 0. The van der Waals surface area contributed by atoms with Crippen molar-refractivity contribution in [2.45, 2.75) is 0 Å². The van der Waals surface area contributed by atoms with Crippen molar-refractivity contribution in [2.24, 2.45) is 0 Å². The summed E-state index contributed by atoms with van der Waals surface area (Å²) in [4.78, 5) is 36.7. The molecule has 0 unspecified atom stereocenters. The number of nitrogens with zero attached hydrogens (tertiary/aromatic N) is 9. The van der Waals surface area contributed by atoms with Gasteiger partial charge < -0.3 is 14.4 Å². The number of anilines is 6. The number of aromatic nitrogens is 7. The van der Waals surface area contributed by atoms with Gasteiger partial charge in [0.05, 0.1) is 22.4 Å². The lowest BCUT2D eigenvalue weighted by Gasteiger charge is -2.45. The minimum absolute atomic E-state index is 0.0237. The molecule has 15 aromatic rings. The van der Waals surface area contributed by atoms with Crippen LogP contribution in [0.15, 0.2) is 303 Å². The van der Waals surface area contributed by atoms with Crippen LogP contribution in [0.5, 0.6) is 0 Å². The normalized spacial score (nSPS) is 12.2. The summed E-state index contributed by atoms with van der Waals surface area (Å²) in [5.41, 5.74) is 20.8. The zero-order valence-corrected chi connectivity index (χ0v) is 47.5. The maximum atomic E-state index is 5.54. The van der Waals surface area contributed by atoms with E-state index in [2.05, 4.69) is 239 Å². The minimum atomic E-state index is -0.0237. The van der Waals surface area contributed by atoms with E-state index in [1.165, 1.54) is 22.1 Å². The van der Waals surface area contributed by atoms with Crippen molar-refractivity contribution in [2.75, 3.05) is 9.80 Å². The zero-order chi connectivity index (χ0) is 58.1. The Balaban J connectivity index is 0.867. The summed E-state index contributed by atoms with van der Waals surface area (Å²) in [7, 11) is 0. The molecule has 0 atom stereocenters. The molecule has 5 heterocycles. The second-order valence-corrected chi connectivity index (χ2v) is 22.2. The van der Waals surface area contributed by atoms with E-state index in [1.807, 2.05) is 78.9 Å². The Bertz CT molecular complexity index is 5040. The summed E-state index contributed by atoms with van der Waals surface area (Å²) < 4.78 is 2.33. The molecule has 9 nitrogen and oxygen atoms in total. The van der Waals surface area contributed by atoms with E-state index >= 15 is 0 Å². The third-order valence-corrected chi connectivity index (χ3v) is 17.1. The molecule has 0 N–H and O–H groups in total. The van der Waals surface area contributed by atoms with Crippen LogP contribution in [0.25, 0.3) is 107 Å². The number of para-hydroxylation sites is 6. The lowest BCUT2D eigenvalue weighted by molar-refractivity contribution is 1.06. The van der Waals surface area contributed by atoms with E-state index in [0.717, 1.165) is 100 Å². The maximum Gasteiger partial charge on any atom is 0.252 e. The number of hydrogen-bond acceptors (Lipinski definition) is 8. The van der Waals surface area contributed by atoms with Crippen LogP contribution in [-0.4, -0.2) is 41.2 Å². The summed E-state index contributed by atoms with van der Waals surface area (Å²) in [6, 6.07) is 107. The molecule has 0 bridgehead atoms. The van der Waals surface area contributed by atoms with Crippen molar-refractivity contribution in [1.82, 2.24) is 34.5 Å². The highest BCUT2D eigenvalue weighted by molar-refractivity contribution is 7.00. The van der Waals surface area contributed by atoms with Gasteiger partial charge in [-0.15, -0.1) is 0 Å². The van der Waals surface area contributed by atoms with Crippen LogP contribution in [-0.2, 0) is 0 Å². The fourth-order valence-electron chi connectivity index (χ4n) is 13.2. The fraction of sp³-hybridized carbons (Fsp3) is 0. The van der Waals surface area contributed by atoms with E-state index in [0.29, 0.717) is 34.9 Å². The van der Waals surface area contributed by atoms with Crippen molar-refractivity contribution in [1.29, 1.82) is 0 Å². The van der Waals surface area contributed by atoms with Crippen LogP contribution in [0.1, 0.15) is 0 Å². The van der Waals surface area contributed by atoms with Crippen LogP contribution in [0, 0.1) is 0 Å². The monoisotopic (exact) mass is 1120 g/mol. The number of benzene rings is 12. The molecule has 2 aliphatic rings. The molecule has 0 saturated carbocycles. The first-order valence-corrected chi connectivity index (χ1v) is 29.6. The Morgan fingerprint density at radius 3 is 1.15 bits per heavy atom. The van der Waals surface area contributed by atoms with Crippen molar-refractivity contribution in [3.05, 3.63) is 303 Å². The molecule has 410 valence electrons. The van der Waals surface area contributed by atoms with Gasteiger partial charge in [0.2, 0.25) is 0 Å². The molecule has 17 rings (SSSR count). The first-order chi connectivity index (χ1) is 43.7. The summed E-state index contributed by atoms with van der Waals surface area (Å²) in [6.45, 7) is -0.0237. The average molecular weight is 1120 g/mol. The van der Waals surface area contributed by atoms with Crippen molar-refractivity contribution in [3.8, 4) is 85.1 Å². The quantitative estimate of drug-likeness (QED) is 0.125. The number of hydrogen-bond donors (Lipinski definition) is 0. The van der Waals surface area contributed by atoms with Crippen LogP contribution in [0.2, 0.25) is 0 Å². The molecule has 12 aromatic carbocycles. The summed E-state index contributed by atoms with van der Waals surface area (Å²) >= 11 is 0. The number of fused-ring (bicyclic) bond motifs is 7. The molecular weight excluding hydrogens is 1070 g/mol. The molecule has 0 aliphatic carbocycles. The first kappa shape index (κ1) is 50.6. The van der Waals surface area contributed by atoms with Gasteiger partial charge in [-0.25, -0.2) is 29.9 Å². The molecular formula is C78H50BN9. The second-order valence-electron chi connectivity index (χ2n) is 22.2. The molecule has 0 spiro atoms. The van der Waals surface area contributed by atoms with Crippen molar-refractivity contribution >= 4 is 79.0 Å². The van der Waals surface area contributed by atoms with Gasteiger partial charge in [0.1, 0.15) is 0 Å². The Kier molecular flexibility index (Phi) is 12.1. The molecule has 0 radical (unpaired) electrons. The van der Waals surface area contributed by atoms with E-state index in [4.69, 9.17) is 29.9 Å². The fourth-order valence-corrected chi connectivity index (χ4v) is 13.2. The lowest BCUT2D eigenvalue weighted by Crippen LogP contribution is -2.61. The predicted molar refractivity (Wildman–Crippen MR) is 360 cm³/mol. The molecule has 3 aromatic heterocycles. The Hall–Kier alpha value is -11.9. The van der Waals surface area contributed by atoms with Gasteiger partial charge in [0, 0.05) is 78.2 Å². The van der Waals surface area contributed by atoms with Crippen LogP contribution in [0.4, 0.5) is 34.1 Å². The lowest BCUT2D eigenvalue weighted by atomic mass is 9.33. The highest BCUT2D eigenvalue weighted by Gasteiger charge is 2.44. The van der Waals surface area contributed by atoms with Gasteiger partial charge >= 0.3 is 0 Å². The molecule has 0 fully saturated rings. The third kappa shape index (κ3) is 8.49. The zero-order valence-electron chi connectivity index (χ0n) is 47.5. The standard InChI is InChI=1S/C78H50BN9/c1-6-24-52(25-7-1)73-80-74(53-26-8-2-9-27-53)83-77(82-73)56-46-48-67(88-65-38-20-16-34-60(65)61-35-17-21-39-66(61)88)62(50-56)78-84-75(54-28-10-3-11-29-54)81-76(85-78)55-44-42-51(43-45-55)59-47-49-70-71-72(59)87(58-32-14-5-15-33-58)69-41-23-19-37-64(69)79(71)63-36-18-22-40-68(63)86(70)57-30-12-4-13-31-57/h1-50H. The van der Waals surface area contributed by atoms with E-state index < -0.39 is 0 Å². The van der Waals surface area contributed by atoms with E-state index in [9.17, 15) is 0 Å². The van der Waals surface area contributed by atoms with Crippen LogP contribution >= 0.6 is 0 Å². The third-order valence-electron chi connectivity index (χ3n) is 17.1. The summed E-state index contributed by atoms with van der Waals surface area (Å²) in [5.74, 6) is 3.26. The van der Waals surface area contributed by atoms with Gasteiger partial charge in [-0.2, -0.15) is 0 Å². The maximum absolute atomic E-state index is 5.54. The Morgan fingerprint density at radius 2 is 0.625 bits per heavy atom. The van der Waals surface area contributed by atoms with E-state index in [1.54, 1.807) is 0 Å². The highest BCUT2D eigenvalue weighted by atomic mass is 15.2. The Morgan fingerprint density at radius 1 is 0.250 bits per heavy atom. The smallest absolute Gasteiger partial charge is 0.252 e. The molecule has 0 amide bonds. The topological polar surface area (TPSA) is 88.8 Å². The minimum Gasteiger partial charge on any atom is -0.311 e. The van der Waals surface area contributed by atoms with Gasteiger partial charge in [-0.1, -0.05) is 231 Å². The highest BCUT2D eigenvalue weighted by Crippen LogP contribution is 2.48. The number of rotatable bonds is 10. The van der Waals surface area contributed by atoms with E-state index in [-0.39, 0.29) is 6.71 Å².